The molecule has 0 unspecified atom stereocenters. The van der Waals surface area contributed by atoms with Gasteiger partial charge in [0.1, 0.15) is 17.3 Å². The first kappa shape index (κ1) is 27.0. The van der Waals surface area contributed by atoms with E-state index in [0.29, 0.717) is 66.0 Å². The van der Waals surface area contributed by atoms with Crippen LogP contribution in [-0.2, 0) is 16.1 Å². The number of aromatic nitrogens is 2. The second-order valence-electron chi connectivity index (χ2n) is 9.99. The third-order valence-electron chi connectivity index (χ3n) is 6.80. The fourth-order valence-electron chi connectivity index (χ4n) is 4.86. The van der Waals surface area contributed by atoms with Gasteiger partial charge in [-0.2, -0.15) is 0 Å². The lowest BCUT2D eigenvalue weighted by Gasteiger charge is -2.35. The Morgan fingerprint density at radius 3 is 2.46 bits per heavy atom. The van der Waals surface area contributed by atoms with Crippen molar-refractivity contribution in [2.45, 2.75) is 39.3 Å². The molecule has 0 saturated carbocycles. The summed E-state index contributed by atoms with van der Waals surface area (Å²) in [4.78, 5) is 35.5. The Bertz CT molecular complexity index is 1450. The Balaban J connectivity index is 1.32. The SMILES string of the molecule is CC(C)OC1=CCCC=C1n1c(CN2CCN(C(=O)COc3ccc(Cl)cc3)CC2)nc2ccccc2c1=O. The molecular weight excluding hydrogens is 516 g/mol. The van der Waals surface area contributed by atoms with Gasteiger partial charge in [-0.1, -0.05) is 29.8 Å². The quantitative estimate of drug-likeness (QED) is 0.405. The van der Waals surface area contributed by atoms with Gasteiger partial charge in [0.15, 0.2) is 6.61 Å². The molecule has 1 aliphatic carbocycles. The van der Waals surface area contributed by atoms with Crippen molar-refractivity contribution in [3.8, 4) is 5.75 Å². The van der Waals surface area contributed by atoms with Crippen LogP contribution in [-0.4, -0.2) is 64.1 Å². The fourth-order valence-corrected chi connectivity index (χ4v) is 4.99. The molecule has 0 radical (unpaired) electrons. The molecule has 0 spiro atoms. The summed E-state index contributed by atoms with van der Waals surface area (Å²) in [5.41, 5.74) is 1.32. The smallest absolute Gasteiger partial charge is 0.266 e. The van der Waals surface area contributed by atoms with Crippen molar-refractivity contribution in [3.05, 3.63) is 87.6 Å². The first-order valence-corrected chi connectivity index (χ1v) is 13.7. The summed E-state index contributed by atoms with van der Waals surface area (Å²) in [6, 6.07) is 14.4. The predicted octanol–water partition coefficient (Wildman–Crippen LogP) is 4.72. The van der Waals surface area contributed by atoms with Crippen LogP contribution in [0.25, 0.3) is 16.6 Å². The van der Waals surface area contributed by atoms with Crippen LogP contribution < -0.4 is 10.3 Å². The van der Waals surface area contributed by atoms with Crippen molar-refractivity contribution in [1.82, 2.24) is 19.4 Å². The number of allylic oxidation sites excluding steroid dienone is 3. The average Bonchev–Trinajstić information content (AvgIpc) is 2.93. The topological polar surface area (TPSA) is 76.9 Å². The lowest BCUT2D eigenvalue weighted by atomic mass is 10.1. The fraction of sp³-hybridized carbons (Fsp3) is 0.367. The van der Waals surface area contributed by atoms with E-state index in [9.17, 15) is 9.59 Å². The molecular formula is C30H33ClN4O4. The van der Waals surface area contributed by atoms with Crippen molar-refractivity contribution >= 4 is 34.1 Å². The number of halogens is 1. The van der Waals surface area contributed by atoms with Crippen LogP contribution in [0.3, 0.4) is 0 Å². The molecule has 1 aromatic heterocycles. The Labute approximate surface area is 233 Å². The van der Waals surface area contributed by atoms with E-state index in [1.807, 2.05) is 43.0 Å². The van der Waals surface area contributed by atoms with Crippen LogP contribution in [0.1, 0.15) is 32.5 Å². The van der Waals surface area contributed by atoms with E-state index >= 15 is 0 Å². The van der Waals surface area contributed by atoms with Crippen LogP contribution >= 0.6 is 11.6 Å². The van der Waals surface area contributed by atoms with Gasteiger partial charge in [-0.15, -0.1) is 0 Å². The van der Waals surface area contributed by atoms with Crippen molar-refractivity contribution in [2.24, 2.45) is 0 Å². The van der Waals surface area contributed by atoms with Gasteiger partial charge in [-0.05, 0) is 69.2 Å². The standard InChI is InChI=1S/C30H33ClN4O4/c1-21(2)39-27-10-6-5-9-26(27)35-28(32-25-8-4-3-7-24(25)30(35)37)19-33-15-17-34(18-16-33)29(36)20-38-23-13-11-22(31)12-14-23/h3-4,7-14,21H,5-6,15-20H2,1-2H3. The van der Waals surface area contributed by atoms with Crippen molar-refractivity contribution in [1.29, 1.82) is 0 Å². The number of hydrogen-bond acceptors (Lipinski definition) is 6. The lowest BCUT2D eigenvalue weighted by molar-refractivity contribution is -0.135. The Morgan fingerprint density at radius 2 is 1.72 bits per heavy atom. The zero-order valence-corrected chi connectivity index (χ0v) is 23.1. The highest BCUT2D eigenvalue weighted by Crippen LogP contribution is 2.27. The van der Waals surface area contributed by atoms with Crippen LogP contribution in [0.5, 0.6) is 5.75 Å². The Hall–Kier alpha value is -3.62. The predicted molar refractivity (Wildman–Crippen MR) is 153 cm³/mol. The number of hydrogen-bond donors (Lipinski definition) is 0. The number of ether oxygens (including phenoxy) is 2. The summed E-state index contributed by atoms with van der Waals surface area (Å²) in [6.07, 6.45) is 5.81. The Kier molecular flexibility index (Phi) is 8.33. The Morgan fingerprint density at radius 1 is 1.00 bits per heavy atom. The maximum absolute atomic E-state index is 13.8. The number of rotatable bonds is 8. The highest BCUT2D eigenvalue weighted by atomic mass is 35.5. The van der Waals surface area contributed by atoms with Gasteiger partial charge in [0, 0.05) is 31.2 Å². The van der Waals surface area contributed by atoms with Crippen molar-refractivity contribution < 1.29 is 14.3 Å². The summed E-state index contributed by atoms with van der Waals surface area (Å²) in [7, 11) is 0. The molecule has 9 heteroatoms. The first-order valence-electron chi connectivity index (χ1n) is 13.4. The zero-order chi connectivity index (χ0) is 27.4. The van der Waals surface area contributed by atoms with E-state index in [4.69, 9.17) is 26.1 Å². The molecule has 204 valence electrons. The highest BCUT2D eigenvalue weighted by Gasteiger charge is 2.25. The molecule has 1 aliphatic heterocycles. The summed E-state index contributed by atoms with van der Waals surface area (Å²) >= 11 is 5.92. The van der Waals surface area contributed by atoms with Crippen molar-refractivity contribution in [2.75, 3.05) is 32.8 Å². The third-order valence-corrected chi connectivity index (χ3v) is 7.05. The largest absolute Gasteiger partial charge is 0.489 e. The number of fused-ring (bicyclic) bond motifs is 1. The summed E-state index contributed by atoms with van der Waals surface area (Å²) < 4.78 is 13.5. The molecule has 2 aromatic carbocycles. The van der Waals surface area contributed by atoms with Gasteiger partial charge in [0.05, 0.1) is 29.2 Å². The zero-order valence-electron chi connectivity index (χ0n) is 22.3. The number of benzene rings is 2. The van der Waals surface area contributed by atoms with Crippen molar-refractivity contribution in [3.63, 3.8) is 0 Å². The van der Waals surface area contributed by atoms with Gasteiger partial charge in [0.25, 0.3) is 11.5 Å². The van der Waals surface area contributed by atoms with E-state index in [1.54, 1.807) is 28.8 Å². The minimum atomic E-state index is -0.102. The minimum Gasteiger partial charge on any atom is -0.489 e. The third kappa shape index (κ3) is 6.34. The normalized spacial score (nSPS) is 16.3. The average molecular weight is 549 g/mol. The molecule has 1 fully saturated rings. The summed E-state index contributed by atoms with van der Waals surface area (Å²) in [6.45, 7) is 6.91. The van der Waals surface area contributed by atoms with E-state index < -0.39 is 0 Å². The van der Waals surface area contributed by atoms with E-state index in [0.717, 1.165) is 18.5 Å². The number of piperazine rings is 1. The molecule has 2 aliphatic rings. The maximum Gasteiger partial charge on any atom is 0.266 e. The highest BCUT2D eigenvalue weighted by molar-refractivity contribution is 6.30. The molecule has 8 nitrogen and oxygen atoms in total. The number of amides is 1. The second kappa shape index (κ2) is 12.1. The molecule has 1 saturated heterocycles. The summed E-state index contributed by atoms with van der Waals surface area (Å²) in [5.74, 6) is 1.93. The van der Waals surface area contributed by atoms with Crippen LogP contribution in [0.15, 0.2) is 71.2 Å². The number of nitrogens with zero attached hydrogens (tertiary/aromatic N) is 4. The molecule has 1 amide bonds. The van der Waals surface area contributed by atoms with Crippen LogP contribution in [0, 0.1) is 0 Å². The van der Waals surface area contributed by atoms with Gasteiger partial charge in [-0.3, -0.25) is 19.1 Å². The van der Waals surface area contributed by atoms with Crippen LogP contribution in [0.2, 0.25) is 5.02 Å². The molecule has 2 heterocycles. The lowest BCUT2D eigenvalue weighted by Crippen LogP contribution is -2.50. The minimum absolute atomic E-state index is 0.0143. The van der Waals surface area contributed by atoms with Crippen LogP contribution in [0.4, 0.5) is 0 Å². The van der Waals surface area contributed by atoms with Gasteiger partial charge >= 0.3 is 0 Å². The molecule has 39 heavy (non-hydrogen) atoms. The van der Waals surface area contributed by atoms with Gasteiger partial charge < -0.3 is 14.4 Å². The van der Waals surface area contributed by atoms with E-state index in [1.165, 1.54) is 0 Å². The van der Waals surface area contributed by atoms with E-state index in [2.05, 4.69) is 17.1 Å². The van der Waals surface area contributed by atoms with Gasteiger partial charge in [0.2, 0.25) is 0 Å². The number of para-hydroxylation sites is 1. The molecule has 0 N–H and O–H groups in total. The second-order valence-corrected chi connectivity index (χ2v) is 10.4. The van der Waals surface area contributed by atoms with E-state index in [-0.39, 0.29) is 24.2 Å². The molecule has 3 aromatic rings. The monoisotopic (exact) mass is 548 g/mol. The molecule has 0 atom stereocenters. The number of carbonyl (C=O) groups excluding carboxylic acids is 1. The first-order chi connectivity index (χ1) is 18.9. The molecule has 5 rings (SSSR count). The van der Waals surface area contributed by atoms with Gasteiger partial charge in [-0.25, -0.2) is 4.98 Å². The summed E-state index contributed by atoms with van der Waals surface area (Å²) in [5, 5.41) is 1.20. The number of carbonyl (C=O) groups is 1. The molecule has 0 bridgehead atoms. The maximum atomic E-state index is 13.8.